The Hall–Kier alpha value is -3.98. The van der Waals surface area contributed by atoms with Gasteiger partial charge in [0, 0.05) is 26.2 Å². The van der Waals surface area contributed by atoms with E-state index in [1.165, 1.54) is 12.3 Å². The second-order valence-corrected chi connectivity index (χ2v) is 7.51. The zero-order valence-electron chi connectivity index (χ0n) is 17.6. The number of carbonyl (C=O) groups excluding carboxylic acids is 1. The summed E-state index contributed by atoms with van der Waals surface area (Å²) < 4.78 is 5.37. The first kappa shape index (κ1) is 21.3. The monoisotopic (exact) mass is 433 g/mol. The summed E-state index contributed by atoms with van der Waals surface area (Å²) in [7, 11) is 2.01. The molecule has 2 aromatic heterocycles. The van der Waals surface area contributed by atoms with Crippen LogP contribution in [0.2, 0.25) is 0 Å². The number of ether oxygens (including phenoxy) is 1. The number of aromatic nitrogens is 3. The first-order valence-electron chi connectivity index (χ1n) is 10.2. The van der Waals surface area contributed by atoms with Gasteiger partial charge in [0.15, 0.2) is 5.75 Å². The lowest BCUT2D eigenvalue weighted by atomic mass is 10.2. The number of nitrogens with zero attached hydrogens (tertiary/aromatic N) is 3. The Kier molecular flexibility index (Phi) is 6.27. The van der Waals surface area contributed by atoms with Crippen LogP contribution in [0.1, 0.15) is 11.3 Å². The summed E-state index contributed by atoms with van der Waals surface area (Å²) in [5.41, 5.74) is 0.371. The van der Waals surface area contributed by atoms with Gasteiger partial charge < -0.3 is 24.5 Å². The van der Waals surface area contributed by atoms with E-state index in [-0.39, 0.29) is 10.7 Å². The molecule has 1 fully saturated rings. The van der Waals surface area contributed by atoms with Crippen LogP contribution in [0, 0.1) is 0 Å². The lowest BCUT2D eigenvalue weighted by molar-refractivity contribution is 0.120. The first-order chi connectivity index (χ1) is 15.5. The Balaban J connectivity index is 1.51. The van der Waals surface area contributed by atoms with Crippen LogP contribution in [0.4, 0.5) is 4.79 Å². The third kappa shape index (κ3) is 5.19. The largest absolute Gasteiger partial charge is 0.415 e. The zero-order valence-corrected chi connectivity index (χ0v) is 17.6. The summed E-state index contributed by atoms with van der Waals surface area (Å²) in [6, 6.07) is 12.4. The number of nitrogens with one attached hydrogen (secondary N) is 2. The van der Waals surface area contributed by atoms with Crippen molar-refractivity contribution in [1.29, 1.82) is 0 Å². The van der Waals surface area contributed by atoms with Gasteiger partial charge in [0.1, 0.15) is 10.7 Å². The smallest absolute Gasteiger partial charge is 0.409 e. The molecule has 0 atom stereocenters. The Morgan fingerprint density at radius 1 is 0.938 bits per heavy atom. The van der Waals surface area contributed by atoms with Crippen LogP contribution < -0.4 is 26.6 Å². The molecule has 1 saturated heterocycles. The number of pyridine rings is 1. The van der Waals surface area contributed by atoms with Crippen molar-refractivity contribution in [2.24, 2.45) is 0 Å². The maximum absolute atomic E-state index is 12.4. The standard InChI is InChI=1S/C23H23N5O4/c1-27-9-11-28(12-10-27)23(31)32-18-8-7-17(24-15-18)14-20-22(30)25-19(21(29)26-20)13-16-5-3-2-4-6-16/h2-8,13-15H,9-12H2,1H3,(H,25,30)(H,26,29). The van der Waals surface area contributed by atoms with Crippen molar-refractivity contribution in [3.8, 4) is 5.75 Å². The molecule has 9 heteroatoms. The Morgan fingerprint density at radius 2 is 1.59 bits per heavy atom. The molecule has 0 bridgehead atoms. The molecule has 32 heavy (non-hydrogen) atoms. The number of H-pyrrole nitrogens is 2. The van der Waals surface area contributed by atoms with Crippen LogP contribution in [0.5, 0.6) is 5.75 Å². The molecule has 2 N–H and O–H groups in total. The summed E-state index contributed by atoms with van der Waals surface area (Å²) in [5.74, 6) is 0.307. The number of carbonyl (C=O) groups is 1. The van der Waals surface area contributed by atoms with Gasteiger partial charge in [-0.05, 0) is 36.9 Å². The number of hydrogen-bond donors (Lipinski definition) is 2. The molecule has 0 aliphatic carbocycles. The molecule has 0 unspecified atom stereocenters. The highest BCUT2D eigenvalue weighted by Crippen LogP contribution is 2.12. The average Bonchev–Trinajstić information content (AvgIpc) is 2.79. The van der Waals surface area contributed by atoms with E-state index < -0.39 is 17.2 Å². The average molecular weight is 433 g/mol. The van der Waals surface area contributed by atoms with Crippen LogP contribution in [-0.4, -0.2) is 64.1 Å². The fourth-order valence-corrected chi connectivity index (χ4v) is 3.25. The van der Waals surface area contributed by atoms with Gasteiger partial charge >= 0.3 is 6.09 Å². The first-order valence-corrected chi connectivity index (χ1v) is 10.2. The maximum Gasteiger partial charge on any atom is 0.415 e. The molecule has 1 aromatic carbocycles. The molecule has 3 aromatic rings. The highest BCUT2D eigenvalue weighted by molar-refractivity contribution is 5.70. The minimum absolute atomic E-state index is 0.0786. The topological polar surface area (TPSA) is 111 Å². The van der Waals surface area contributed by atoms with Gasteiger partial charge in [-0.2, -0.15) is 0 Å². The molecule has 0 saturated carbocycles. The highest BCUT2D eigenvalue weighted by Gasteiger charge is 2.20. The fourth-order valence-electron chi connectivity index (χ4n) is 3.25. The van der Waals surface area contributed by atoms with Crippen LogP contribution in [0.3, 0.4) is 0 Å². The molecule has 9 nitrogen and oxygen atoms in total. The van der Waals surface area contributed by atoms with Crippen molar-refractivity contribution in [2.45, 2.75) is 0 Å². The number of benzene rings is 1. The number of hydrogen-bond acceptors (Lipinski definition) is 6. The SMILES string of the molecule is CN1CCN(C(=O)Oc2ccc(C=c3[nH]c(=O)c(=Cc4ccccc4)[nH]c3=O)nc2)CC1. The van der Waals surface area contributed by atoms with Gasteiger partial charge in [0.2, 0.25) is 0 Å². The minimum Gasteiger partial charge on any atom is -0.409 e. The lowest BCUT2D eigenvalue weighted by Gasteiger charge is -2.31. The van der Waals surface area contributed by atoms with Gasteiger partial charge in [-0.3, -0.25) is 14.6 Å². The van der Waals surface area contributed by atoms with Crippen molar-refractivity contribution >= 4 is 18.2 Å². The van der Waals surface area contributed by atoms with Crippen LogP contribution >= 0.6 is 0 Å². The summed E-state index contributed by atoms with van der Waals surface area (Å²) in [6.07, 6.45) is 4.05. The predicted molar refractivity (Wildman–Crippen MR) is 120 cm³/mol. The normalized spacial score (nSPS) is 15.7. The van der Waals surface area contributed by atoms with Gasteiger partial charge in [-0.25, -0.2) is 4.79 Å². The predicted octanol–water partition coefficient (Wildman–Crippen LogP) is -0.138. The van der Waals surface area contributed by atoms with Gasteiger partial charge in [-0.15, -0.1) is 0 Å². The number of amides is 1. The molecule has 1 amide bonds. The molecule has 164 valence electrons. The van der Waals surface area contributed by atoms with Crippen molar-refractivity contribution < 1.29 is 9.53 Å². The van der Waals surface area contributed by atoms with E-state index in [1.54, 1.807) is 23.1 Å². The van der Waals surface area contributed by atoms with E-state index >= 15 is 0 Å². The molecule has 3 heterocycles. The van der Waals surface area contributed by atoms with Gasteiger partial charge in [0.25, 0.3) is 11.1 Å². The number of aromatic amines is 2. The van der Waals surface area contributed by atoms with E-state index in [1.807, 2.05) is 37.4 Å². The molecule has 4 rings (SSSR count). The highest BCUT2D eigenvalue weighted by atomic mass is 16.6. The van der Waals surface area contributed by atoms with Crippen LogP contribution in [0.15, 0.2) is 58.3 Å². The Morgan fingerprint density at radius 3 is 2.22 bits per heavy atom. The van der Waals surface area contributed by atoms with Gasteiger partial charge in [-0.1, -0.05) is 30.3 Å². The molecule has 1 aliphatic rings. The third-order valence-electron chi connectivity index (χ3n) is 5.11. The van der Waals surface area contributed by atoms with E-state index in [2.05, 4.69) is 19.9 Å². The van der Waals surface area contributed by atoms with E-state index in [9.17, 15) is 14.4 Å². The van der Waals surface area contributed by atoms with Crippen molar-refractivity contribution in [3.05, 3.63) is 91.3 Å². The summed E-state index contributed by atoms with van der Waals surface area (Å²) in [4.78, 5) is 50.2. The number of piperazine rings is 1. The second kappa shape index (κ2) is 9.44. The molecular formula is C23H23N5O4. The number of rotatable bonds is 3. The van der Waals surface area contributed by atoms with E-state index in [0.29, 0.717) is 24.5 Å². The van der Waals surface area contributed by atoms with Gasteiger partial charge in [0.05, 0.1) is 11.9 Å². The van der Waals surface area contributed by atoms with Crippen LogP contribution in [0.25, 0.3) is 12.2 Å². The summed E-state index contributed by atoms with van der Waals surface area (Å²) in [5, 5.41) is 0.243. The van der Waals surface area contributed by atoms with Crippen molar-refractivity contribution in [2.75, 3.05) is 33.2 Å². The molecule has 0 spiro atoms. The molecule has 0 radical (unpaired) electrons. The zero-order chi connectivity index (χ0) is 22.5. The Labute approximate surface area is 183 Å². The molecular weight excluding hydrogens is 410 g/mol. The number of likely N-dealkylation sites (N-methyl/N-ethyl adjacent to an activating group) is 1. The summed E-state index contributed by atoms with van der Waals surface area (Å²) >= 11 is 0. The van der Waals surface area contributed by atoms with Crippen molar-refractivity contribution in [1.82, 2.24) is 24.8 Å². The van der Waals surface area contributed by atoms with E-state index in [4.69, 9.17) is 4.74 Å². The van der Waals surface area contributed by atoms with Crippen molar-refractivity contribution in [3.63, 3.8) is 0 Å². The fraction of sp³-hybridized carbons (Fsp3) is 0.217. The third-order valence-corrected chi connectivity index (χ3v) is 5.11. The maximum atomic E-state index is 12.4. The van der Waals surface area contributed by atoms with Crippen LogP contribution in [-0.2, 0) is 0 Å². The minimum atomic E-state index is -0.445. The van der Waals surface area contributed by atoms with E-state index in [0.717, 1.165) is 18.7 Å². The molecule has 1 aliphatic heterocycles. The second-order valence-electron chi connectivity index (χ2n) is 7.51. The quantitative estimate of drug-likeness (QED) is 0.595. The Bertz CT molecular complexity index is 1320. The summed E-state index contributed by atoms with van der Waals surface area (Å²) in [6.45, 7) is 2.83. The lowest BCUT2D eigenvalue weighted by Crippen LogP contribution is -2.48.